The van der Waals surface area contributed by atoms with Gasteiger partial charge in [-0.1, -0.05) is 81.4 Å². The fourth-order valence-corrected chi connectivity index (χ4v) is 8.69. The van der Waals surface area contributed by atoms with Crippen LogP contribution in [0.15, 0.2) is 76.4 Å². The van der Waals surface area contributed by atoms with Crippen molar-refractivity contribution in [1.82, 2.24) is 9.55 Å². The molecule has 1 aliphatic heterocycles. The first-order chi connectivity index (χ1) is 16.2. The predicted octanol–water partition coefficient (Wildman–Crippen LogP) is 3.03. The van der Waals surface area contributed by atoms with E-state index in [1.54, 1.807) is 13.1 Å². The molecule has 2 heterocycles. The minimum atomic E-state index is -2.80. The average molecular weight is 481 g/mol. The summed E-state index contributed by atoms with van der Waals surface area (Å²) in [5, 5.41) is 2.07. The Bertz CT molecular complexity index is 1180. The van der Waals surface area contributed by atoms with Gasteiger partial charge in [-0.05, 0) is 35.2 Å². The number of ether oxygens (including phenoxy) is 1. The molecule has 0 bridgehead atoms. The normalized spacial score (nSPS) is 18.8. The molecule has 0 aliphatic carbocycles. The lowest BCUT2D eigenvalue weighted by Crippen LogP contribution is -2.66. The summed E-state index contributed by atoms with van der Waals surface area (Å²) >= 11 is 0. The van der Waals surface area contributed by atoms with Crippen LogP contribution in [-0.2, 0) is 14.2 Å². The number of rotatable bonds is 7. The molecule has 4 rings (SSSR count). The minimum absolute atomic E-state index is 0.199. The Kier molecular flexibility index (Phi) is 7.04. The fourth-order valence-electron chi connectivity index (χ4n) is 4.61. The van der Waals surface area contributed by atoms with Gasteiger partial charge in [0, 0.05) is 11.8 Å². The highest BCUT2D eigenvalue weighted by molar-refractivity contribution is 6.99. The standard InChI is InChI=1S/C26H32N2O5Si/c1-19-17-28(25(30)27-24(19)29)23-16-15-20(32-23)18-31-33-34(26(2,3)4,21-11-7-5-8-12-21)22-13-9-6-10-14-22/h5-14,17,20,23H,15-16,18H2,1-4H3,(H,27,29,30)/t20-,23+/m0/s1. The molecule has 1 fully saturated rings. The van der Waals surface area contributed by atoms with Gasteiger partial charge in [-0.25, -0.2) is 9.68 Å². The van der Waals surface area contributed by atoms with Crippen molar-refractivity contribution in [1.29, 1.82) is 0 Å². The Morgan fingerprint density at radius 2 is 1.59 bits per heavy atom. The van der Waals surface area contributed by atoms with Crippen LogP contribution < -0.4 is 21.6 Å². The van der Waals surface area contributed by atoms with Crippen molar-refractivity contribution in [2.75, 3.05) is 6.61 Å². The Hall–Kier alpha value is -2.78. The number of nitrogens with one attached hydrogen (secondary N) is 1. The van der Waals surface area contributed by atoms with Crippen molar-refractivity contribution in [2.24, 2.45) is 0 Å². The number of aromatic nitrogens is 2. The predicted molar refractivity (Wildman–Crippen MR) is 134 cm³/mol. The smallest absolute Gasteiger partial charge is 0.330 e. The summed E-state index contributed by atoms with van der Waals surface area (Å²) in [5.74, 6) is 0. The first kappa shape index (κ1) is 24.3. The number of hydrogen-bond donors (Lipinski definition) is 1. The molecule has 0 unspecified atom stereocenters. The van der Waals surface area contributed by atoms with Crippen LogP contribution >= 0.6 is 0 Å². The SMILES string of the molecule is Cc1cn([C@H]2CC[C@@H](COO[Si](c3ccccc3)(c3ccccc3)C(C)(C)C)O2)c(=O)[nH]c1=O. The first-order valence-electron chi connectivity index (χ1n) is 11.6. The van der Waals surface area contributed by atoms with Gasteiger partial charge in [0.25, 0.3) is 5.56 Å². The minimum Gasteiger partial charge on any atom is -0.352 e. The Morgan fingerprint density at radius 3 is 2.15 bits per heavy atom. The zero-order valence-corrected chi connectivity index (χ0v) is 21.1. The van der Waals surface area contributed by atoms with E-state index in [2.05, 4.69) is 50.0 Å². The number of aromatic amines is 1. The Balaban J connectivity index is 1.53. The van der Waals surface area contributed by atoms with Crippen molar-refractivity contribution in [3.05, 3.63) is 93.3 Å². The third kappa shape index (κ3) is 4.72. The maximum atomic E-state index is 12.2. The lowest BCUT2D eigenvalue weighted by molar-refractivity contribution is -0.238. The second kappa shape index (κ2) is 9.83. The van der Waals surface area contributed by atoms with E-state index >= 15 is 0 Å². The zero-order valence-electron chi connectivity index (χ0n) is 20.1. The largest absolute Gasteiger partial charge is 0.352 e. The molecule has 3 aromatic rings. The number of benzene rings is 2. The molecule has 1 saturated heterocycles. The van der Waals surface area contributed by atoms with Crippen molar-refractivity contribution >= 4 is 18.7 Å². The molecule has 0 amide bonds. The second-order valence-corrected chi connectivity index (χ2v) is 14.0. The molecule has 1 aliphatic rings. The molecule has 1 aromatic heterocycles. The van der Waals surface area contributed by atoms with Crippen molar-refractivity contribution in [3.8, 4) is 0 Å². The average Bonchev–Trinajstić information content (AvgIpc) is 3.28. The highest BCUT2D eigenvalue weighted by atomic mass is 28.4. The van der Waals surface area contributed by atoms with Crippen molar-refractivity contribution < 1.29 is 14.2 Å². The summed E-state index contributed by atoms with van der Waals surface area (Å²) in [6.07, 6.45) is 2.26. The van der Waals surface area contributed by atoms with E-state index in [9.17, 15) is 9.59 Å². The molecule has 0 radical (unpaired) electrons. The zero-order chi connectivity index (χ0) is 24.3. The molecule has 2 atom stereocenters. The van der Waals surface area contributed by atoms with Gasteiger partial charge in [-0.2, -0.15) is 0 Å². The first-order valence-corrected chi connectivity index (χ1v) is 13.5. The lowest BCUT2D eigenvalue weighted by atomic mass is 10.2. The van der Waals surface area contributed by atoms with E-state index in [0.717, 1.165) is 16.8 Å². The van der Waals surface area contributed by atoms with Crippen LogP contribution in [0.3, 0.4) is 0 Å². The maximum Gasteiger partial charge on any atom is 0.330 e. The maximum absolute atomic E-state index is 12.2. The van der Waals surface area contributed by atoms with Gasteiger partial charge >= 0.3 is 14.0 Å². The van der Waals surface area contributed by atoms with Crippen LogP contribution in [0.25, 0.3) is 0 Å². The molecule has 34 heavy (non-hydrogen) atoms. The van der Waals surface area contributed by atoms with E-state index in [4.69, 9.17) is 14.2 Å². The third-order valence-electron chi connectivity index (χ3n) is 6.40. The molecule has 7 nitrogen and oxygen atoms in total. The highest BCUT2D eigenvalue weighted by Crippen LogP contribution is 2.37. The van der Waals surface area contributed by atoms with Crippen LogP contribution in [-0.4, -0.2) is 30.6 Å². The van der Waals surface area contributed by atoms with E-state index < -0.39 is 20.2 Å². The van der Waals surface area contributed by atoms with E-state index in [1.807, 2.05) is 36.4 Å². The van der Waals surface area contributed by atoms with E-state index in [1.165, 1.54) is 4.57 Å². The molecule has 0 saturated carbocycles. The Morgan fingerprint density at radius 1 is 1.00 bits per heavy atom. The number of hydrogen-bond acceptors (Lipinski definition) is 5. The van der Waals surface area contributed by atoms with Crippen LogP contribution in [0.5, 0.6) is 0 Å². The van der Waals surface area contributed by atoms with Gasteiger partial charge in [0.1, 0.15) is 12.8 Å². The van der Waals surface area contributed by atoms with Crippen LogP contribution in [0, 0.1) is 6.92 Å². The summed E-state index contributed by atoms with van der Waals surface area (Å²) in [6, 6.07) is 20.6. The van der Waals surface area contributed by atoms with Gasteiger partial charge in [-0.15, -0.1) is 0 Å². The van der Waals surface area contributed by atoms with Gasteiger partial charge in [-0.3, -0.25) is 18.9 Å². The number of H-pyrrole nitrogens is 1. The summed E-state index contributed by atoms with van der Waals surface area (Å²) in [6.45, 7) is 8.49. The van der Waals surface area contributed by atoms with Crippen LogP contribution in [0.1, 0.15) is 45.4 Å². The second-order valence-electron chi connectivity index (χ2n) is 9.80. The van der Waals surface area contributed by atoms with Crippen molar-refractivity contribution in [2.45, 2.75) is 57.9 Å². The van der Waals surface area contributed by atoms with Crippen LogP contribution in [0.2, 0.25) is 5.04 Å². The molecule has 1 N–H and O–H groups in total. The van der Waals surface area contributed by atoms with Gasteiger partial charge in [0.15, 0.2) is 0 Å². The van der Waals surface area contributed by atoms with Gasteiger partial charge in [0.05, 0.1) is 6.10 Å². The summed E-state index contributed by atoms with van der Waals surface area (Å²) in [5.41, 5.74) is -0.374. The summed E-state index contributed by atoms with van der Waals surface area (Å²) in [7, 11) is -2.80. The molecule has 180 valence electrons. The van der Waals surface area contributed by atoms with Gasteiger partial charge < -0.3 is 4.74 Å². The van der Waals surface area contributed by atoms with Gasteiger partial charge in [0.2, 0.25) is 0 Å². The number of nitrogens with zero attached hydrogens (tertiary/aromatic N) is 1. The molecule has 8 heteroatoms. The molecule has 0 spiro atoms. The monoisotopic (exact) mass is 480 g/mol. The highest BCUT2D eigenvalue weighted by Gasteiger charge is 2.52. The van der Waals surface area contributed by atoms with E-state index in [0.29, 0.717) is 12.0 Å². The quantitative estimate of drug-likeness (QED) is 0.319. The van der Waals surface area contributed by atoms with E-state index in [-0.39, 0.29) is 23.3 Å². The Labute approximate surface area is 200 Å². The molecular formula is C26H32N2O5Si. The molecular weight excluding hydrogens is 448 g/mol. The topological polar surface area (TPSA) is 82.6 Å². The fraction of sp³-hybridized carbons (Fsp3) is 0.385. The molecule has 2 aromatic carbocycles. The number of aryl methyl sites for hydroxylation is 1. The van der Waals surface area contributed by atoms with Crippen molar-refractivity contribution in [3.63, 3.8) is 0 Å². The summed E-state index contributed by atoms with van der Waals surface area (Å²) in [4.78, 5) is 32.2. The third-order valence-corrected chi connectivity index (χ3v) is 11.2. The lowest BCUT2D eigenvalue weighted by Gasteiger charge is -2.41. The summed E-state index contributed by atoms with van der Waals surface area (Å²) < 4.78 is 14.0. The van der Waals surface area contributed by atoms with Crippen LogP contribution in [0.4, 0.5) is 0 Å².